The van der Waals surface area contributed by atoms with Crippen molar-refractivity contribution in [1.82, 2.24) is 4.98 Å². The number of benzene rings is 2. The number of hydrogen-bond acceptors (Lipinski definition) is 4. The van der Waals surface area contributed by atoms with Crippen molar-refractivity contribution in [2.45, 2.75) is 26.7 Å². The lowest BCUT2D eigenvalue weighted by Gasteiger charge is -2.19. The number of nitrogens with zero attached hydrogens (tertiary/aromatic N) is 2. The molecule has 0 saturated heterocycles. The highest BCUT2D eigenvalue weighted by Gasteiger charge is 2.15. The van der Waals surface area contributed by atoms with Crippen LogP contribution in [0, 0.1) is 6.92 Å². The Morgan fingerprint density at radius 3 is 2.35 bits per heavy atom. The van der Waals surface area contributed by atoms with Crippen LogP contribution in [-0.4, -0.2) is 35.6 Å². The number of rotatable bonds is 7. The third-order valence-corrected chi connectivity index (χ3v) is 4.84. The van der Waals surface area contributed by atoms with E-state index in [1.54, 1.807) is 36.4 Å². The number of pyridine rings is 1. The number of hydrogen-bond donors (Lipinski definition) is 2. The van der Waals surface area contributed by atoms with Crippen LogP contribution in [-0.2, 0) is 0 Å². The molecule has 3 aromatic rings. The molecule has 1 aromatic heterocycles. The summed E-state index contributed by atoms with van der Waals surface area (Å²) < 4.78 is 0. The van der Waals surface area contributed by atoms with Gasteiger partial charge in [0.2, 0.25) is 0 Å². The van der Waals surface area contributed by atoms with E-state index < -0.39 is 5.97 Å². The number of amides is 1. The minimum atomic E-state index is -1.02. The fourth-order valence-corrected chi connectivity index (χ4v) is 3.08. The number of fused-ring (bicyclic) bond motifs is 1. The number of carbonyl (C=O) groups is 2. The van der Waals surface area contributed by atoms with E-state index in [1.807, 2.05) is 31.0 Å². The first-order valence-corrected chi connectivity index (χ1v) is 9.66. The molecule has 0 bridgehead atoms. The molecule has 1 heterocycles. The van der Waals surface area contributed by atoms with Gasteiger partial charge in [-0.1, -0.05) is 31.0 Å². The van der Waals surface area contributed by atoms with Crippen molar-refractivity contribution in [3.8, 4) is 0 Å². The Bertz CT molecular complexity index is 1060. The molecule has 0 aliphatic heterocycles. The summed E-state index contributed by atoms with van der Waals surface area (Å²) in [4.78, 5) is 30.9. The summed E-state index contributed by atoms with van der Waals surface area (Å²) in [5.41, 5.74) is 2.89. The highest BCUT2D eigenvalue weighted by Crippen LogP contribution is 2.26. The molecule has 0 spiro atoms. The van der Waals surface area contributed by atoms with E-state index >= 15 is 0 Å². The first kappa shape index (κ1) is 26.2. The Morgan fingerprint density at radius 2 is 1.74 bits per heavy atom. The fraction of sp³-hybridized carbons (Fsp3) is 0.261. The minimum Gasteiger partial charge on any atom is -0.478 e. The number of aromatic nitrogens is 1. The van der Waals surface area contributed by atoms with Crippen molar-refractivity contribution in [1.29, 1.82) is 0 Å². The van der Waals surface area contributed by atoms with E-state index in [-0.39, 0.29) is 36.3 Å². The molecule has 31 heavy (non-hydrogen) atoms. The van der Waals surface area contributed by atoms with E-state index in [2.05, 4.69) is 17.2 Å². The molecule has 3 rings (SSSR count). The van der Waals surface area contributed by atoms with Crippen LogP contribution in [0.15, 0.2) is 48.5 Å². The first-order chi connectivity index (χ1) is 13.9. The SMILES string of the molecule is CCCCN(C)c1cc(C(=O)O)c2cc(NC(=O)c3ccc(C)cc3)ccc2n1.Cl.Cl. The number of nitrogens with one attached hydrogen (secondary N) is 1. The lowest BCUT2D eigenvalue weighted by molar-refractivity contribution is 0.0698. The summed E-state index contributed by atoms with van der Waals surface area (Å²) in [6.07, 6.45) is 2.05. The van der Waals surface area contributed by atoms with Gasteiger partial charge in [0.25, 0.3) is 5.91 Å². The second-order valence-electron chi connectivity index (χ2n) is 7.16. The second-order valence-corrected chi connectivity index (χ2v) is 7.16. The third kappa shape index (κ3) is 6.32. The molecule has 0 atom stereocenters. The molecule has 0 saturated carbocycles. The van der Waals surface area contributed by atoms with Gasteiger partial charge in [0.15, 0.2) is 0 Å². The number of aromatic carboxylic acids is 1. The summed E-state index contributed by atoms with van der Waals surface area (Å²) in [6, 6.07) is 14.0. The van der Waals surface area contributed by atoms with Crippen molar-refractivity contribution in [3.63, 3.8) is 0 Å². The maximum absolute atomic E-state index is 12.5. The molecule has 0 fully saturated rings. The molecule has 6 nitrogen and oxygen atoms in total. The number of carboxylic acids is 1. The highest BCUT2D eigenvalue weighted by molar-refractivity contribution is 6.08. The van der Waals surface area contributed by atoms with Crippen LogP contribution in [0.2, 0.25) is 0 Å². The van der Waals surface area contributed by atoms with Crippen molar-refractivity contribution in [3.05, 3.63) is 65.2 Å². The van der Waals surface area contributed by atoms with E-state index in [0.29, 0.717) is 28.0 Å². The smallest absolute Gasteiger partial charge is 0.336 e. The maximum Gasteiger partial charge on any atom is 0.336 e. The molecule has 2 aromatic carbocycles. The fourth-order valence-electron chi connectivity index (χ4n) is 3.08. The number of unbranched alkanes of at least 4 members (excludes halogenated alkanes) is 1. The summed E-state index contributed by atoms with van der Waals surface area (Å²) in [7, 11) is 1.91. The minimum absolute atomic E-state index is 0. The molecule has 2 N–H and O–H groups in total. The molecule has 0 aliphatic carbocycles. The maximum atomic E-state index is 12.5. The quantitative estimate of drug-likeness (QED) is 0.478. The molecule has 166 valence electrons. The Labute approximate surface area is 194 Å². The number of carboxylic acid groups (broad SMARTS) is 1. The van der Waals surface area contributed by atoms with Crippen LogP contribution in [0.3, 0.4) is 0 Å². The largest absolute Gasteiger partial charge is 0.478 e. The molecule has 0 unspecified atom stereocenters. The molecule has 8 heteroatoms. The first-order valence-electron chi connectivity index (χ1n) is 9.66. The lowest BCUT2D eigenvalue weighted by Crippen LogP contribution is -2.20. The average Bonchev–Trinajstić information content (AvgIpc) is 2.71. The number of anilines is 2. The predicted molar refractivity (Wildman–Crippen MR) is 131 cm³/mol. The van der Waals surface area contributed by atoms with Crippen LogP contribution in [0.1, 0.15) is 46.0 Å². The summed E-state index contributed by atoms with van der Waals surface area (Å²) in [6.45, 7) is 4.87. The van der Waals surface area contributed by atoms with Crippen molar-refractivity contribution >= 4 is 59.1 Å². The summed E-state index contributed by atoms with van der Waals surface area (Å²) in [5.74, 6) is -0.644. The van der Waals surface area contributed by atoms with Crippen LogP contribution in [0.5, 0.6) is 0 Å². The topological polar surface area (TPSA) is 82.5 Å². The molecular weight excluding hydrogens is 437 g/mol. The van der Waals surface area contributed by atoms with Crippen LogP contribution in [0.4, 0.5) is 11.5 Å². The Morgan fingerprint density at radius 1 is 1.06 bits per heavy atom. The van der Waals surface area contributed by atoms with Gasteiger partial charge >= 0.3 is 5.97 Å². The van der Waals surface area contributed by atoms with Gasteiger partial charge in [-0.15, -0.1) is 24.8 Å². The zero-order valence-electron chi connectivity index (χ0n) is 17.7. The summed E-state index contributed by atoms with van der Waals surface area (Å²) >= 11 is 0. The van der Waals surface area contributed by atoms with Crippen LogP contribution < -0.4 is 10.2 Å². The Hall–Kier alpha value is -2.83. The zero-order chi connectivity index (χ0) is 21.0. The molecular formula is C23H27Cl2N3O3. The van der Waals surface area contributed by atoms with Gasteiger partial charge in [-0.3, -0.25) is 4.79 Å². The normalized spacial score (nSPS) is 10.0. The number of halogens is 2. The van der Waals surface area contributed by atoms with Gasteiger partial charge in [0.05, 0.1) is 11.1 Å². The van der Waals surface area contributed by atoms with Crippen LogP contribution in [0.25, 0.3) is 10.9 Å². The van der Waals surface area contributed by atoms with Gasteiger partial charge in [0.1, 0.15) is 5.82 Å². The molecule has 0 aliphatic rings. The Balaban J connectivity index is 0.00000240. The van der Waals surface area contributed by atoms with E-state index in [0.717, 1.165) is 24.9 Å². The Kier molecular flexibility index (Phi) is 9.75. The van der Waals surface area contributed by atoms with Gasteiger partial charge in [-0.25, -0.2) is 9.78 Å². The van der Waals surface area contributed by atoms with Gasteiger partial charge in [-0.05, 0) is 49.7 Å². The molecule has 1 amide bonds. The van der Waals surface area contributed by atoms with Crippen LogP contribution >= 0.6 is 24.8 Å². The van der Waals surface area contributed by atoms with Gasteiger partial charge < -0.3 is 15.3 Å². The van der Waals surface area contributed by atoms with Crippen molar-refractivity contribution < 1.29 is 14.7 Å². The average molecular weight is 464 g/mol. The summed E-state index contributed by atoms with van der Waals surface area (Å²) in [5, 5.41) is 13.0. The predicted octanol–water partition coefficient (Wildman–Crippen LogP) is 5.57. The van der Waals surface area contributed by atoms with Gasteiger partial charge in [0, 0.05) is 30.2 Å². The molecule has 0 radical (unpaired) electrons. The zero-order valence-corrected chi connectivity index (χ0v) is 19.3. The lowest BCUT2D eigenvalue weighted by atomic mass is 10.1. The number of aryl methyl sites for hydroxylation is 1. The monoisotopic (exact) mass is 463 g/mol. The second kappa shape index (κ2) is 11.5. The van der Waals surface area contributed by atoms with E-state index in [1.165, 1.54) is 0 Å². The number of carbonyl (C=O) groups excluding carboxylic acids is 1. The standard InChI is InChI=1S/C23H25N3O3.2ClH/c1-4-5-12-26(3)21-14-19(23(28)29)18-13-17(10-11-20(18)25-21)24-22(27)16-8-6-15(2)7-9-16;;/h6-11,13-14H,4-5,12H2,1-3H3,(H,24,27)(H,28,29);2*1H. The van der Waals surface area contributed by atoms with Crippen molar-refractivity contribution in [2.75, 3.05) is 23.8 Å². The van der Waals surface area contributed by atoms with E-state index in [9.17, 15) is 14.7 Å². The highest BCUT2D eigenvalue weighted by atomic mass is 35.5. The van der Waals surface area contributed by atoms with Gasteiger partial charge in [-0.2, -0.15) is 0 Å². The van der Waals surface area contributed by atoms with E-state index in [4.69, 9.17) is 0 Å². The third-order valence-electron chi connectivity index (χ3n) is 4.84. The van der Waals surface area contributed by atoms with Crippen molar-refractivity contribution in [2.24, 2.45) is 0 Å².